The van der Waals surface area contributed by atoms with E-state index in [0.29, 0.717) is 36.1 Å². The van der Waals surface area contributed by atoms with Crippen LogP contribution < -0.4 is 0 Å². The molecule has 180 valence electrons. The molecule has 34 heavy (non-hydrogen) atoms. The number of nitrogens with one attached hydrogen (secondary N) is 1. The molecule has 3 aromatic rings. The maximum absolute atomic E-state index is 13.5. The van der Waals surface area contributed by atoms with Crippen molar-refractivity contribution in [1.29, 1.82) is 0 Å². The van der Waals surface area contributed by atoms with E-state index in [4.69, 9.17) is 0 Å². The summed E-state index contributed by atoms with van der Waals surface area (Å²) < 4.78 is 28.5. The van der Waals surface area contributed by atoms with Gasteiger partial charge in [-0.1, -0.05) is 44.2 Å². The number of H-pyrrole nitrogens is 1. The highest BCUT2D eigenvalue weighted by Gasteiger charge is 2.36. The molecule has 2 aromatic carbocycles. The summed E-state index contributed by atoms with van der Waals surface area (Å²) in [5.74, 6) is 1.51. The molecule has 3 heterocycles. The molecule has 2 aliphatic rings. The summed E-state index contributed by atoms with van der Waals surface area (Å²) in [6.45, 7) is 6.59. The number of sulfonamides is 1. The first kappa shape index (κ1) is 23.1. The molecule has 1 aromatic heterocycles. The van der Waals surface area contributed by atoms with Gasteiger partial charge in [0.05, 0.1) is 21.8 Å². The van der Waals surface area contributed by atoms with E-state index in [1.54, 1.807) is 18.2 Å². The number of aromatic amines is 1. The van der Waals surface area contributed by atoms with E-state index >= 15 is 0 Å². The van der Waals surface area contributed by atoms with Gasteiger partial charge in [-0.3, -0.25) is 4.79 Å². The second-order valence-electron chi connectivity index (χ2n) is 10.0. The third kappa shape index (κ3) is 4.49. The lowest BCUT2D eigenvalue weighted by atomic mass is 9.90. The Morgan fingerprint density at radius 1 is 1.03 bits per heavy atom. The molecule has 1 amide bonds. The van der Waals surface area contributed by atoms with Crippen LogP contribution in [0.25, 0.3) is 22.4 Å². The minimum atomic E-state index is -3.71. The summed E-state index contributed by atoms with van der Waals surface area (Å²) in [5, 5.41) is 0. The Labute approximate surface area is 201 Å². The fraction of sp³-hybridized carbons (Fsp3) is 0.462. The summed E-state index contributed by atoms with van der Waals surface area (Å²) >= 11 is 0. The molecule has 0 aliphatic carbocycles. The smallest absolute Gasteiger partial charge is 0.243 e. The zero-order valence-corrected chi connectivity index (χ0v) is 20.6. The second-order valence-corrected chi connectivity index (χ2v) is 12.0. The number of fused-ring (bicyclic) bond motifs is 1. The summed E-state index contributed by atoms with van der Waals surface area (Å²) in [5.41, 5.74) is 2.35. The van der Waals surface area contributed by atoms with Gasteiger partial charge in [-0.25, -0.2) is 13.4 Å². The van der Waals surface area contributed by atoms with Gasteiger partial charge in [-0.2, -0.15) is 4.31 Å². The van der Waals surface area contributed by atoms with Gasteiger partial charge in [0.25, 0.3) is 0 Å². The summed E-state index contributed by atoms with van der Waals surface area (Å²) in [4.78, 5) is 23.3. The molecular formula is C26H32N4O3S. The Balaban J connectivity index is 1.36. The number of aromatic nitrogens is 2. The lowest BCUT2D eigenvalue weighted by molar-refractivity contribution is -0.139. The molecule has 0 bridgehead atoms. The highest BCUT2D eigenvalue weighted by atomic mass is 32.2. The van der Waals surface area contributed by atoms with Crippen LogP contribution in [-0.4, -0.2) is 59.7 Å². The van der Waals surface area contributed by atoms with Gasteiger partial charge in [0.2, 0.25) is 15.9 Å². The van der Waals surface area contributed by atoms with Crippen molar-refractivity contribution in [2.24, 2.45) is 17.8 Å². The van der Waals surface area contributed by atoms with Crippen molar-refractivity contribution in [3.63, 3.8) is 0 Å². The van der Waals surface area contributed by atoms with Gasteiger partial charge < -0.3 is 9.88 Å². The fourth-order valence-corrected chi connectivity index (χ4v) is 7.04. The number of nitrogens with zero attached hydrogens (tertiary/aromatic N) is 3. The maximum atomic E-state index is 13.5. The van der Waals surface area contributed by atoms with E-state index in [0.717, 1.165) is 37.0 Å². The molecule has 0 radical (unpaired) electrons. The number of hydrogen-bond acceptors (Lipinski definition) is 4. The molecule has 0 saturated carbocycles. The van der Waals surface area contributed by atoms with Crippen LogP contribution in [0.1, 0.15) is 33.1 Å². The Hall–Kier alpha value is -2.71. The molecule has 2 aliphatic heterocycles. The molecular weight excluding hydrogens is 448 g/mol. The van der Waals surface area contributed by atoms with Crippen molar-refractivity contribution in [3.05, 3.63) is 48.5 Å². The number of rotatable bonds is 4. The van der Waals surface area contributed by atoms with Crippen LogP contribution in [0, 0.1) is 17.8 Å². The number of carbonyl (C=O) groups is 1. The number of likely N-dealkylation sites (tertiary alicyclic amines) is 1. The van der Waals surface area contributed by atoms with E-state index in [1.165, 1.54) is 4.31 Å². The highest BCUT2D eigenvalue weighted by molar-refractivity contribution is 7.89. The highest BCUT2D eigenvalue weighted by Crippen LogP contribution is 2.29. The van der Waals surface area contributed by atoms with E-state index in [1.807, 2.05) is 35.2 Å². The third-order valence-corrected chi connectivity index (χ3v) is 8.91. The molecule has 8 heteroatoms. The van der Waals surface area contributed by atoms with Crippen molar-refractivity contribution in [2.45, 2.75) is 38.0 Å². The van der Waals surface area contributed by atoms with Crippen LogP contribution in [0.2, 0.25) is 0 Å². The monoisotopic (exact) mass is 480 g/mol. The average Bonchev–Trinajstić information content (AvgIpc) is 3.27. The molecule has 3 atom stereocenters. The number of hydrogen-bond donors (Lipinski definition) is 1. The van der Waals surface area contributed by atoms with E-state index in [2.05, 4.69) is 23.8 Å². The third-order valence-electron chi connectivity index (χ3n) is 7.05. The number of carbonyl (C=O) groups excluding carboxylic acids is 1. The van der Waals surface area contributed by atoms with Crippen molar-refractivity contribution in [1.82, 2.24) is 19.2 Å². The van der Waals surface area contributed by atoms with Crippen molar-refractivity contribution in [3.8, 4) is 11.4 Å². The van der Waals surface area contributed by atoms with Crippen LogP contribution in [0.5, 0.6) is 0 Å². The molecule has 7 nitrogen and oxygen atoms in total. The number of imidazole rings is 1. The van der Waals surface area contributed by atoms with Crippen molar-refractivity contribution in [2.75, 3.05) is 26.2 Å². The van der Waals surface area contributed by atoms with Crippen molar-refractivity contribution < 1.29 is 13.2 Å². The topological polar surface area (TPSA) is 86.4 Å². The van der Waals surface area contributed by atoms with Gasteiger partial charge >= 0.3 is 0 Å². The largest absolute Gasteiger partial charge is 0.342 e. The van der Waals surface area contributed by atoms with Crippen molar-refractivity contribution >= 4 is 27.0 Å². The van der Waals surface area contributed by atoms with Crippen LogP contribution in [0.3, 0.4) is 0 Å². The Bertz CT molecular complexity index is 1280. The summed E-state index contributed by atoms with van der Waals surface area (Å²) in [6.07, 6.45) is 2.57. The first-order chi connectivity index (χ1) is 16.3. The maximum Gasteiger partial charge on any atom is 0.243 e. The first-order valence-corrected chi connectivity index (χ1v) is 13.6. The quantitative estimate of drug-likeness (QED) is 0.608. The molecule has 5 rings (SSSR count). The van der Waals surface area contributed by atoms with Crippen LogP contribution in [0.15, 0.2) is 53.4 Å². The van der Waals surface area contributed by atoms with E-state index in [9.17, 15) is 13.2 Å². The zero-order chi connectivity index (χ0) is 23.9. The van der Waals surface area contributed by atoms with Crippen LogP contribution in [-0.2, 0) is 14.8 Å². The summed E-state index contributed by atoms with van der Waals surface area (Å²) in [7, 11) is -3.71. The molecule has 2 saturated heterocycles. The number of piperidine rings is 2. The van der Waals surface area contributed by atoms with Crippen LogP contribution in [0.4, 0.5) is 0 Å². The van der Waals surface area contributed by atoms with Gasteiger partial charge in [0.1, 0.15) is 5.82 Å². The van der Waals surface area contributed by atoms with E-state index in [-0.39, 0.29) is 23.3 Å². The standard InChI is InChI=1S/C26H32N4O3S/c1-18-13-19(2)16-29(15-18)26(31)21-9-6-12-30(17-21)34(32,33)22-10-11-23-24(14-22)28-25(27-23)20-7-4-3-5-8-20/h3-5,7-8,10-11,14,18-19,21H,6,9,12-13,15-17H2,1-2H3,(H,27,28)/t18-,19-,21+/m1/s1. The fourth-order valence-electron chi connectivity index (χ4n) is 5.49. The SMILES string of the molecule is C[C@@H]1C[C@@H](C)CN(C(=O)[C@H]2CCCN(S(=O)(=O)c3ccc4nc(-c5ccccc5)[nH]c4c3)C2)C1. The first-order valence-electron chi connectivity index (χ1n) is 12.2. The Kier molecular flexibility index (Phi) is 6.20. The number of benzene rings is 2. The lowest BCUT2D eigenvalue weighted by Crippen LogP contribution is -2.50. The normalized spacial score (nSPS) is 24.4. The average molecular weight is 481 g/mol. The zero-order valence-electron chi connectivity index (χ0n) is 19.8. The Morgan fingerprint density at radius 2 is 1.76 bits per heavy atom. The molecule has 1 N–H and O–H groups in total. The number of amides is 1. The Morgan fingerprint density at radius 3 is 2.50 bits per heavy atom. The van der Waals surface area contributed by atoms with Gasteiger partial charge in [0.15, 0.2) is 0 Å². The van der Waals surface area contributed by atoms with Crippen LogP contribution >= 0.6 is 0 Å². The molecule has 0 unspecified atom stereocenters. The lowest BCUT2D eigenvalue weighted by Gasteiger charge is -2.39. The molecule has 0 spiro atoms. The van der Waals surface area contributed by atoms with Gasteiger partial charge in [-0.15, -0.1) is 0 Å². The second kappa shape index (κ2) is 9.15. The minimum Gasteiger partial charge on any atom is -0.342 e. The van der Waals surface area contributed by atoms with E-state index < -0.39 is 10.0 Å². The summed E-state index contributed by atoms with van der Waals surface area (Å²) in [6, 6.07) is 14.8. The van der Waals surface area contributed by atoms with Gasteiger partial charge in [0, 0.05) is 31.7 Å². The predicted molar refractivity (Wildman–Crippen MR) is 133 cm³/mol. The minimum absolute atomic E-state index is 0.106. The predicted octanol–water partition coefficient (Wildman–Crippen LogP) is 4.14. The molecule has 2 fully saturated rings. The van der Waals surface area contributed by atoms with Gasteiger partial charge in [-0.05, 0) is 49.3 Å².